The number of hydrogen-bond donors (Lipinski definition) is 2. The van der Waals surface area contributed by atoms with Gasteiger partial charge in [0.25, 0.3) is 0 Å². The van der Waals surface area contributed by atoms with E-state index in [4.69, 9.17) is 9.47 Å². The molecule has 5 nitrogen and oxygen atoms in total. The molecule has 2 atom stereocenters. The topological polar surface area (TPSA) is 59.6 Å². The zero-order chi connectivity index (χ0) is 13.2. The van der Waals surface area contributed by atoms with E-state index in [0.29, 0.717) is 26.4 Å². The van der Waals surface area contributed by atoms with Crippen molar-refractivity contribution in [2.45, 2.75) is 32.7 Å². The maximum Gasteiger partial charge on any atom is 0.227 e. The highest BCUT2D eigenvalue weighted by Gasteiger charge is 2.32. The van der Waals surface area contributed by atoms with Crippen molar-refractivity contribution in [2.24, 2.45) is 5.92 Å². The second kappa shape index (κ2) is 9.30. The smallest absolute Gasteiger partial charge is 0.227 e. The Balaban J connectivity index is 2.12. The van der Waals surface area contributed by atoms with Crippen molar-refractivity contribution in [3.63, 3.8) is 0 Å². The summed E-state index contributed by atoms with van der Waals surface area (Å²) in [6.45, 7) is 8.11. The standard InChI is InChI=1S/C13H26N2O3/c1-3-5-7-17-8-6-15-13(16)11-9-18-10-12(11)14-4-2/h11-12,14H,3-10H2,1-2H3,(H,15,16). The fourth-order valence-corrected chi connectivity index (χ4v) is 2.00. The van der Waals surface area contributed by atoms with Gasteiger partial charge in [-0.25, -0.2) is 0 Å². The van der Waals surface area contributed by atoms with Crippen LogP contribution in [0, 0.1) is 5.92 Å². The molecule has 2 unspecified atom stereocenters. The summed E-state index contributed by atoms with van der Waals surface area (Å²) in [4.78, 5) is 11.9. The summed E-state index contributed by atoms with van der Waals surface area (Å²) >= 11 is 0. The number of likely N-dealkylation sites (N-methyl/N-ethyl adjacent to an activating group) is 1. The van der Waals surface area contributed by atoms with Crippen LogP contribution in [-0.2, 0) is 14.3 Å². The Morgan fingerprint density at radius 2 is 2.17 bits per heavy atom. The Bertz CT molecular complexity index is 236. The van der Waals surface area contributed by atoms with Gasteiger partial charge in [0.05, 0.1) is 25.7 Å². The number of rotatable bonds is 9. The van der Waals surface area contributed by atoms with Crippen molar-refractivity contribution in [1.82, 2.24) is 10.6 Å². The maximum absolute atomic E-state index is 11.9. The van der Waals surface area contributed by atoms with E-state index < -0.39 is 0 Å². The van der Waals surface area contributed by atoms with Crippen LogP contribution in [0.3, 0.4) is 0 Å². The summed E-state index contributed by atoms with van der Waals surface area (Å²) in [5.41, 5.74) is 0. The summed E-state index contributed by atoms with van der Waals surface area (Å²) in [6, 6.07) is 0.149. The molecule has 1 amide bonds. The normalized spacial score (nSPS) is 23.2. The van der Waals surface area contributed by atoms with Crippen LogP contribution in [0.2, 0.25) is 0 Å². The van der Waals surface area contributed by atoms with Crippen LogP contribution >= 0.6 is 0 Å². The van der Waals surface area contributed by atoms with Crippen LogP contribution < -0.4 is 10.6 Å². The second-order valence-electron chi connectivity index (χ2n) is 4.57. The molecule has 1 rings (SSSR count). The van der Waals surface area contributed by atoms with E-state index in [9.17, 15) is 4.79 Å². The van der Waals surface area contributed by atoms with Gasteiger partial charge in [-0.3, -0.25) is 4.79 Å². The van der Waals surface area contributed by atoms with Gasteiger partial charge in [-0.05, 0) is 13.0 Å². The number of amides is 1. The molecule has 0 radical (unpaired) electrons. The van der Waals surface area contributed by atoms with Crippen molar-refractivity contribution >= 4 is 5.91 Å². The molecule has 106 valence electrons. The third-order valence-corrected chi connectivity index (χ3v) is 3.07. The van der Waals surface area contributed by atoms with Gasteiger partial charge in [-0.1, -0.05) is 20.3 Å². The molecule has 0 aromatic carbocycles. The average molecular weight is 258 g/mol. The minimum atomic E-state index is -0.0689. The van der Waals surface area contributed by atoms with E-state index in [1.807, 2.05) is 6.92 Å². The third kappa shape index (κ3) is 5.33. The monoisotopic (exact) mass is 258 g/mol. The first kappa shape index (κ1) is 15.4. The number of carbonyl (C=O) groups is 1. The van der Waals surface area contributed by atoms with Crippen LogP contribution in [0.15, 0.2) is 0 Å². The molecule has 1 fully saturated rings. The van der Waals surface area contributed by atoms with Crippen LogP contribution in [-0.4, -0.2) is 51.5 Å². The summed E-state index contributed by atoms with van der Waals surface area (Å²) in [6.07, 6.45) is 2.21. The Morgan fingerprint density at radius 1 is 1.33 bits per heavy atom. The first-order chi connectivity index (χ1) is 8.79. The predicted molar refractivity (Wildman–Crippen MR) is 70.5 cm³/mol. The molecule has 0 saturated carbocycles. The largest absolute Gasteiger partial charge is 0.380 e. The van der Waals surface area contributed by atoms with E-state index in [1.165, 1.54) is 0 Å². The van der Waals surface area contributed by atoms with Gasteiger partial charge in [-0.2, -0.15) is 0 Å². The predicted octanol–water partition coefficient (Wildman–Crippen LogP) is 0.544. The molecule has 0 aromatic heterocycles. The van der Waals surface area contributed by atoms with Gasteiger partial charge in [0.1, 0.15) is 0 Å². The zero-order valence-corrected chi connectivity index (χ0v) is 11.5. The lowest BCUT2D eigenvalue weighted by atomic mass is 10.0. The van der Waals surface area contributed by atoms with E-state index in [0.717, 1.165) is 26.0 Å². The van der Waals surface area contributed by atoms with E-state index in [-0.39, 0.29) is 17.9 Å². The van der Waals surface area contributed by atoms with Gasteiger partial charge in [0.2, 0.25) is 5.91 Å². The van der Waals surface area contributed by atoms with Crippen LogP contribution in [0.25, 0.3) is 0 Å². The third-order valence-electron chi connectivity index (χ3n) is 3.07. The van der Waals surface area contributed by atoms with Gasteiger partial charge in [0, 0.05) is 19.2 Å². The molecular weight excluding hydrogens is 232 g/mol. The summed E-state index contributed by atoms with van der Waals surface area (Å²) in [5.74, 6) is -0.00173. The highest BCUT2D eigenvalue weighted by Crippen LogP contribution is 2.13. The first-order valence-corrected chi connectivity index (χ1v) is 6.96. The lowest BCUT2D eigenvalue weighted by Gasteiger charge is -2.17. The van der Waals surface area contributed by atoms with Gasteiger partial charge >= 0.3 is 0 Å². The number of hydrogen-bond acceptors (Lipinski definition) is 4. The van der Waals surface area contributed by atoms with Crippen LogP contribution in [0.1, 0.15) is 26.7 Å². The molecule has 5 heteroatoms. The number of carbonyl (C=O) groups excluding carboxylic acids is 1. The van der Waals surface area contributed by atoms with Crippen molar-refractivity contribution in [2.75, 3.05) is 39.5 Å². The minimum Gasteiger partial charge on any atom is -0.380 e. The van der Waals surface area contributed by atoms with Crippen LogP contribution in [0.4, 0.5) is 0 Å². The Hall–Kier alpha value is -0.650. The second-order valence-corrected chi connectivity index (χ2v) is 4.57. The van der Waals surface area contributed by atoms with Gasteiger partial charge in [0.15, 0.2) is 0 Å². The summed E-state index contributed by atoms with van der Waals surface area (Å²) < 4.78 is 10.7. The van der Waals surface area contributed by atoms with Gasteiger partial charge < -0.3 is 20.1 Å². The molecule has 1 heterocycles. The molecule has 0 aromatic rings. The van der Waals surface area contributed by atoms with E-state index in [2.05, 4.69) is 17.6 Å². The number of ether oxygens (including phenoxy) is 2. The molecular formula is C13H26N2O3. The number of nitrogens with one attached hydrogen (secondary N) is 2. The van der Waals surface area contributed by atoms with E-state index in [1.54, 1.807) is 0 Å². The zero-order valence-electron chi connectivity index (χ0n) is 11.5. The highest BCUT2D eigenvalue weighted by molar-refractivity contribution is 5.79. The van der Waals surface area contributed by atoms with E-state index >= 15 is 0 Å². The molecule has 0 bridgehead atoms. The molecule has 1 saturated heterocycles. The highest BCUT2D eigenvalue weighted by atomic mass is 16.5. The lowest BCUT2D eigenvalue weighted by Crippen LogP contribution is -2.44. The molecule has 0 aliphatic carbocycles. The fraction of sp³-hybridized carbons (Fsp3) is 0.923. The average Bonchev–Trinajstić information content (AvgIpc) is 2.82. The number of unbranched alkanes of at least 4 members (excludes halogenated alkanes) is 1. The van der Waals surface area contributed by atoms with Crippen molar-refractivity contribution in [1.29, 1.82) is 0 Å². The first-order valence-electron chi connectivity index (χ1n) is 6.96. The van der Waals surface area contributed by atoms with Gasteiger partial charge in [-0.15, -0.1) is 0 Å². The fourth-order valence-electron chi connectivity index (χ4n) is 2.00. The molecule has 0 spiro atoms. The summed E-state index contributed by atoms with van der Waals surface area (Å²) in [7, 11) is 0. The molecule has 1 aliphatic heterocycles. The SMILES string of the molecule is CCCCOCCNC(=O)C1COCC1NCC. The van der Waals surface area contributed by atoms with Crippen molar-refractivity contribution < 1.29 is 14.3 Å². The Morgan fingerprint density at radius 3 is 2.89 bits per heavy atom. The minimum absolute atomic E-state index is 0.0672. The Kier molecular flexibility index (Phi) is 7.96. The quantitative estimate of drug-likeness (QED) is 0.593. The van der Waals surface area contributed by atoms with Crippen LogP contribution in [0.5, 0.6) is 0 Å². The maximum atomic E-state index is 11.9. The Labute approximate surface area is 110 Å². The lowest BCUT2D eigenvalue weighted by molar-refractivity contribution is -0.125. The molecule has 1 aliphatic rings. The summed E-state index contributed by atoms with van der Waals surface area (Å²) in [5, 5.41) is 6.18. The van der Waals surface area contributed by atoms with Crippen molar-refractivity contribution in [3.05, 3.63) is 0 Å². The molecule has 2 N–H and O–H groups in total. The van der Waals surface area contributed by atoms with Crippen molar-refractivity contribution in [3.8, 4) is 0 Å². The molecule has 18 heavy (non-hydrogen) atoms.